The molecule has 0 aliphatic rings. The van der Waals surface area contributed by atoms with Gasteiger partial charge in [-0.3, -0.25) is 4.79 Å². The minimum absolute atomic E-state index is 0.232. The van der Waals surface area contributed by atoms with Gasteiger partial charge < -0.3 is 5.11 Å². The minimum atomic E-state index is -1.75. The normalized spacial score (nSPS) is 13.8. The lowest BCUT2D eigenvalue weighted by atomic mass is 9.98. The van der Waals surface area contributed by atoms with Crippen molar-refractivity contribution in [1.82, 2.24) is 0 Å². The van der Waals surface area contributed by atoms with Crippen LogP contribution in [-0.2, 0) is 0 Å². The van der Waals surface area contributed by atoms with Gasteiger partial charge >= 0.3 is 0 Å². The van der Waals surface area contributed by atoms with Crippen LogP contribution in [-0.4, -0.2) is 17.0 Å². The molecule has 0 aliphatic carbocycles. The molecule has 0 spiro atoms. The lowest BCUT2D eigenvalue weighted by Crippen LogP contribution is -2.25. The molecule has 0 bridgehead atoms. The summed E-state index contributed by atoms with van der Waals surface area (Å²) >= 11 is 5.71. The molecule has 0 saturated heterocycles. The Bertz CT molecular complexity index is 554. The molecule has 1 N–H and O–H groups in total. The van der Waals surface area contributed by atoms with Crippen molar-refractivity contribution < 1.29 is 14.3 Å². The number of carbonyl (C=O) groups is 1. The van der Waals surface area contributed by atoms with Crippen molar-refractivity contribution in [2.75, 3.05) is 0 Å². The highest BCUT2D eigenvalue weighted by atomic mass is 35.5. The van der Waals surface area contributed by atoms with Crippen LogP contribution in [0.5, 0.6) is 0 Å². The van der Waals surface area contributed by atoms with E-state index in [0.717, 1.165) is 0 Å². The average molecular weight is 279 g/mol. The van der Waals surface area contributed by atoms with Crippen molar-refractivity contribution in [3.63, 3.8) is 0 Å². The van der Waals surface area contributed by atoms with Gasteiger partial charge in [-0.1, -0.05) is 41.9 Å². The Kier molecular flexibility index (Phi) is 4.30. The largest absolute Gasteiger partial charge is 0.381 e. The first-order valence-electron chi connectivity index (χ1n) is 5.76. The van der Waals surface area contributed by atoms with Crippen LogP contribution in [0.2, 0.25) is 5.02 Å². The number of benzene rings is 2. The molecule has 19 heavy (non-hydrogen) atoms. The third-order valence-electron chi connectivity index (χ3n) is 2.79. The Morgan fingerprint density at radius 1 is 1.05 bits per heavy atom. The fraction of sp³-hybridized carbons (Fsp3) is 0.133. The van der Waals surface area contributed by atoms with Crippen molar-refractivity contribution in [3.8, 4) is 0 Å². The molecule has 4 heteroatoms. The van der Waals surface area contributed by atoms with Crippen LogP contribution in [0.1, 0.15) is 22.1 Å². The lowest BCUT2D eigenvalue weighted by molar-refractivity contribution is 0.0511. The number of hydrogen-bond acceptors (Lipinski definition) is 2. The van der Waals surface area contributed by atoms with Crippen molar-refractivity contribution in [2.24, 2.45) is 0 Å². The molecule has 2 nitrogen and oxygen atoms in total. The fourth-order valence-corrected chi connectivity index (χ4v) is 1.86. The van der Waals surface area contributed by atoms with E-state index >= 15 is 0 Å². The van der Waals surface area contributed by atoms with Crippen molar-refractivity contribution >= 4 is 17.4 Å². The van der Waals surface area contributed by atoms with Crippen molar-refractivity contribution in [2.45, 2.75) is 12.3 Å². The van der Waals surface area contributed by atoms with E-state index in [1.54, 1.807) is 18.2 Å². The fourth-order valence-electron chi connectivity index (χ4n) is 1.74. The van der Waals surface area contributed by atoms with Gasteiger partial charge in [0.25, 0.3) is 0 Å². The predicted octanol–water partition coefficient (Wildman–Crippen LogP) is 3.59. The molecule has 0 radical (unpaired) electrons. The molecule has 0 fully saturated rings. The van der Waals surface area contributed by atoms with Crippen LogP contribution >= 0.6 is 11.6 Å². The van der Waals surface area contributed by atoms with E-state index in [0.29, 0.717) is 5.02 Å². The molecule has 0 aliphatic heterocycles. The molecule has 0 unspecified atom stereocenters. The number of Topliss-reactive ketones (excluding diaryl/α,β-unsaturated/α-hetero) is 1. The van der Waals surface area contributed by atoms with Gasteiger partial charge in [0.1, 0.15) is 0 Å². The van der Waals surface area contributed by atoms with Gasteiger partial charge in [-0.05, 0) is 29.8 Å². The number of ketones is 1. The Balaban J connectivity index is 2.17. The lowest BCUT2D eigenvalue weighted by Gasteiger charge is -2.15. The summed E-state index contributed by atoms with van der Waals surface area (Å²) in [5, 5.41) is 10.3. The summed E-state index contributed by atoms with van der Waals surface area (Å²) in [6.07, 6.45) is -3.46. The first kappa shape index (κ1) is 13.7. The van der Waals surface area contributed by atoms with E-state index in [1.165, 1.54) is 36.4 Å². The Morgan fingerprint density at radius 3 is 2.21 bits per heavy atom. The summed E-state index contributed by atoms with van der Waals surface area (Å²) in [6.45, 7) is 0. The molecule has 0 heterocycles. The maximum atomic E-state index is 14.0. The standard InChI is InChI=1S/C15H12ClFO2/c16-12-8-6-11(7-9-12)14(18)15(19)13(17)10-4-2-1-3-5-10/h1-9,13,15,19H/t13-,15-/m1/s1. The topological polar surface area (TPSA) is 37.3 Å². The molecular formula is C15H12ClFO2. The molecule has 0 saturated carbocycles. The van der Waals surface area contributed by atoms with Crippen LogP contribution in [0.15, 0.2) is 54.6 Å². The molecule has 2 rings (SSSR count). The highest BCUT2D eigenvalue weighted by molar-refractivity contribution is 6.30. The number of aliphatic hydroxyl groups excluding tert-OH is 1. The Labute approximate surface area is 115 Å². The SMILES string of the molecule is O=C(c1ccc(Cl)cc1)[C@H](O)[C@H](F)c1ccccc1. The summed E-state index contributed by atoms with van der Waals surface area (Å²) in [4.78, 5) is 11.9. The molecule has 0 amide bonds. The molecule has 2 aromatic carbocycles. The van der Waals surface area contributed by atoms with E-state index in [2.05, 4.69) is 0 Å². The van der Waals surface area contributed by atoms with Gasteiger partial charge in [-0.2, -0.15) is 0 Å². The minimum Gasteiger partial charge on any atom is -0.381 e. The summed E-state index contributed by atoms with van der Waals surface area (Å²) in [7, 11) is 0. The van der Waals surface area contributed by atoms with Gasteiger partial charge in [-0.25, -0.2) is 4.39 Å². The highest BCUT2D eigenvalue weighted by Crippen LogP contribution is 2.24. The van der Waals surface area contributed by atoms with Crippen LogP contribution in [0, 0.1) is 0 Å². The molecular weight excluding hydrogens is 267 g/mol. The summed E-state index contributed by atoms with van der Waals surface area (Å²) in [5.41, 5.74) is 0.507. The maximum absolute atomic E-state index is 14.0. The molecule has 0 aromatic heterocycles. The van der Waals surface area contributed by atoms with Gasteiger partial charge in [0, 0.05) is 10.6 Å². The van der Waals surface area contributed by atoms with E-state index in [9.17, 15) is 14.3 Å². The Hall–Kier alpha value is -1.71. The Morgan fingerprint density at radius 2 is 1.63 bits per heavy atom. The second-order valence-corrected chi connectivity index (χ2v) is 4.56. The monoisotopic (exact) mass is 278 g/mol. The van der Waals surface area contributed by atoms with Gasteiger partial charge in [0.15, 0.2) is 18.1 Å². The van der Waals surface area contributed by atoms with E-state index in [1.807, 2.05) is 0 Å². The van der Waals surface area contributed by atoms with Crippen LogP contribution in [0.4, 0.5) is 4.39 Å². The first-order valence-corrected chi connectivity index (χ1v) is 6.14. The number of halogens is 2. The first-order chi connectivity index (χ1) is 9.09. The number of rotatable bonds is 4. The van der Waals surface area contributed by atoms with Gasteiger partial charge in [0.2, 0.25) is 0 Å². The zero-order valence-electron chi connectivity index (χ0n) is 9.96. The van der Waals surface area contributed by atoms with Gasteiger partial charge in [-0.15, -0.1) is 0 Å². The van der Waals surface area contributed by atoms with Crippen LogP contribution in [0.25, 0.3) is 0 Å². The summed E-state index contributed by atoms with van der Waals surface area (Å²) in [6, 6.07) is 14.1. The second kappa shape index (κ2) is 5.95. The van der Waals surface area contributed by atoms with Crippen LogP contribution in [0.3, 0.4) is 0 Å². The van der Waals surface area contributed by atoms with Crippen LogP contribution < -0.4 is 0 Å². The molecule has 2 atom stereocenters. The predicted molar refractivity (Wildman–Crippen MR) is 72.1 cm³/mol. The maximum Gasteiger partial charge on any atom is 0.194 e. The van der Waals surface area contributed by atoms with Crippen molar-refractivity contribution in [3.05, 3.63) is 70.7 Å². The zero-order valence-corrected chi connectivity index (χ0v) is 10.7. The second-order valence-electron chi connectivity index (χ2n) is 4.13. The summed E-state index contributed by atoms with van der Waals surface area (Å²) < 4.78 is 14.0. The average Bonchev–Trinajstić information content (AvgIpc) is 2.46. The number of hydrogen-bond donors (Lipinski definition) is 1. The molecule has 2 aromatic rings. The third kappa shape index (κ3) is 3.19. The molecule has 98 valence electrons. The van der Waals surface area contributed by atoms with E-state index < -0.39 is 18.1 Å². The smallest absolute Gasteiger partial charge is 0.194 e. The highest BCUT2D eigenvalue weighted by Gasteiger charge is 2.28. The van der Waals surface area contributed by atoms with E-state index in [-0.39, 0.29) is 11.1 Å². The quantitative estimate of drug-likeness (QED) is 0.868. The number of aliphatic hydroxyl groups is 1. The zero-order chi connectivity index (χ0) is 13.8. The van der Waals surface area contributed by atoms with Crippen molar-refractivity contribution in [1.29, 1.82) is 0 Å². The van der Waals surface area contributed by atoms with E-state index in [4.69, 9.17) is 11.6 Å². The summed E-state index contributed by atoms with van der Waals surface area (Å²) in [5.74, 6) is -0.659. The van der Waals surface area contributed by atoms with Gasteiger partial charge in [0.05, 0.1) is 0 Å². The third-order valence-corrected chi connectivity index (χ3v) is 3.04. The number of alkyl halides is 1. The number of carbonyl (C=O) groups excluding carboxylic acids is 1.